The summed E-state index contributed by atoms with van der Waals surface area (Å²) in [5.41, 5.74) is 0. The van der Waals surface area contributed by atoms with E-state index in [1.165, 1.54) is 6.42 Å². The Hall–Kier alpha value is -1.36. The second kappa shape index (κ2) is 3.34. The largest absolute Gasteiger partial charge is 0.350 e. The summed E-state index contributed by atoms with van der Waals surface area (Å²) in [5, 5.41) is 12.4. The maximum absolute atomic E-state index is 4.40. The van der Waals surface area contributed by atoms with Gasteiger partial charge in [0, 0.05) is 6.04 Å². The molecule has 1 aliphatic carbocycles. The summed E-state index contributed by atoms with van der Waals surface area (Å²) in [4.78, 5) is 5.52. The van der Waals surface area contributed by atoms with Crippen LogP contribution in [-0.4, -0.2) is 21.2 Å². The zero-order valence-electron chi connectivity index (χ0n) is 8.40. The van der Waals surface area contributed by atoms with Crippen LogP contribution in [0.3, 0.4) is 0 Å². The first-order valence-corrected chi connectivity index (χ1v) is 5.94. The van der Waals surface area contributed by atoms with Crippen molar-refractivity contribution in [3.05, 3.63) is 17.5 Å². The van der Waals surface area contributed by atoms with E-state index >= 15 is 0 Å². The van der Waals surface area contributed by atoms with Gasteiger partial charge in [-0.2, -0.15) is 4.98 Å². The molecule has 2 aromatic rings. The highest BCUT2D eigenvalue weighted by Crippen LogP contribution is 2.32. The van der Waals surface area contributed by atoms with Crippen molar-refractivity contribution in [1.82, 2.24) is 15.2 Å². The van der Waals surface area contributed by atoms with Gasteiger partial charge in [-0.1, -0.05) is 13.0 Å². The summed E-state index contributed by atoms with van der Waals surface area (Å²) in [6.45, 7) is 2.23. The minimum Gasteiger partial charge on any atom is -0.350 e. The van der Waals surface area contributed by atoms with E-state index in [0.717, 1.165) is 16.6 Å². The number of anilines is 1. The number of nitrogens with zero attached hydrogens (tertiary/aromatic N) is 2. The Labute approximate surface area is 91.7 Å². The molecule has 4 nitrogen and oxygen atoms in total. The number of aromatic amines is 1. The summed E-state index contributed by atoms with van der Waals surface area (Å²) in [6, 6.07) is 4.62. The van der Waals surface area contributed by atoms with Crippen molar-refractivity contribution < 1.29 is 0 Å². The van der Waals surface area contributed by atoms with E-state index in [-0.39, 0.29) is 0 Å². The molecule has 0 amide bonds. The summed E-state index contributed by atoms with van der Waals surface area (Å²) >= 11 is 1.66. The number of H-pyrrole nitrogens is 1. The maximum Gasteiger partial charge on any atom is 0.242 e. The average molecular weight is 220 g/mol. The highest BCUT2D eigenvalue weighted by molar-refractivity contribution is 7.13. The fourth-order valence-electron chi connectivity index (χ4n) is 1.54. The van der Waals surface area contributed by atoms with E-state index in [1.807, 2.05) is 17.5 Å². The number of rotatable bonds is 3. The zero-order valence-corrected chi connectivity index (χ0v) is 9.21. The van der Waals surface area contributed by atoms with Crippen molar-refractivity contribution in [3.63, 3.8) is 0 Å². The molecule has 0 aromatic carbocycles. The molecule has 0 radical (unpaired) electrons. The van der Waals surface area contributed by atoms with E-state index in [2.05, 4.69) is 27.4 Å². The lowest BCUT2D eigenvalue weighted by Gasteiger charge is -1.95. The van der Waals surface area contributed by atoms with Crippen LogP contribution < -0.4 is 5.32 Å². The summed E-state index contributed by atoms with van der Waals surface area (Å²) in [7, 11) is 0. The predicted octanol–water partition coefficient (Wildman–Crippen LogP) is 2.35. The van der Waals surface area contributed by atoms with Gasteiger partial charge in [-0.25, -0.2) is 0 Å². The number of hydrogen-bond acceptors (Lipinski definition) is 4. The average Bonchev–Trinajstić information content (AvgIpc) is 2.73. The van der Waals surface area contributed by atoms with E-state index in [9.17, 15) is 0 Å². The van der Waals surface area contributed by atoms with Crippen LogP contribution in [0.5, 0.6) is 0 Å². The van der Waals surface area contributed by atoms with Gasteiger partial charge < -0.3 is 5.32 Å². The Balaban J connectivity index is 1.76. The lowest BCUT2D eigenvalue weighted by atomic mass is 10.4. The highest BCUT2D eigenvalue weighted by atomic mass is 32.1. The number of hydrogen-bond donors (Lipinski definition) is 2. The van der Waals surface area contributed by atoms with E-state index in [4.69, 9.17) is 0 Å². The molecule has 0 saturated heterocycles. The van der Waals surface area contributed by atoms with Crippen LogP contribution in [0.25, 0.3) is 10.7 Å². The molecule has 2 aromatic heterocycles. The second-order valence-corrected chi connectivity index (χ2v) is 4.90. The molecule has 78 valence electrons. The third kappa shape index (κ3) is 1.74. The molecule has 0 spiro atoms. The third-order valence-electron chi connectivity index (χ3n) is 2.66. The van der Waals surface area contributed by atoms with Crippen LogP contribution in [0, 0.1) is 5.92 Å². The third-order valence-corrected chi connectivity index (χ3v) is 3.54. The van der Waals surface area contributed by atoms with Gasteiger partial charge in [0.05, 0.1) is 4.88 Å². The van der Waals surface area contributed by atoms with Gasteiger partial charge in [-0.05, 0) is 23.8 Å². The van der Waals surface area contributed by atoms with Gasteiger partial charge in [0.1, 0.15) is 0 Å². The molecule has 1 fully saturated rings. The van der Waals surface area contributed by atoms with Crippen LogP contribution in [0.15, 0.2) is 17.5 Å². The molecule has 3 rings (SSSR count). The fourth-order valence-corrected chi connectivity index (χ4v) is 2.20. The Morgan fingerprint density at radius 2 is 2.47 bits per heavy atom. The Bertz CT molecular complexity index is 448. The van der Waals surface area contributed by atoms with Crippen molar-refractivity contribution >= 4 is 17.3 Å². The molecule has 5 heteroatoms. The van der Waals surface area contributed by atoms with Gasteiger partial charge in [-0.15, -0.1) is 16.4 Å². The monoisotopic (exact) mass is 220 g/mol. The second-order valence-electron chi connectivity index (χ2n) is 3.95. The van der Waals surface area contributed by atoms with Crippen LogP contribution in [0.2, 0.25) is 0 Å². The lowest BCUT2D eigenvalue weighted by Crippen LogP contribution is -2.04. The number of thiophene rings is 1. The summed E-state index contributed by atoms with van der Waals surface area (Å²) in [5.74, 6) is 2.32. The van der Waals surface area contributed by atoms with Gasteiger partial charge in [0.2, 0.25) is 5.95 Å². The number of nitrogens with one attached hydrogen (secondary N) is 2. The summed E-state index contributed by atoms with van der Waals surface area (Å²) in [6.07, 6.45) is 1.23. The minimum absolute atomic E-state index is 0.567. The van der Waals surface area contributed by atoms with Gasteiger partial charge >= 0.3 is 0 Å². The van der Waals surface area contributed by atoms with Crippen LogP contribution >= 0.6 is 11.3 Å². The topological polar surface area (TPSA) is 53.6 Å². The SMILES string of the molecule is CC1CC1Nc1n[nH]c(-c2cccs2)n1. The highest BCUT2D eigenvalue weighted by Gasteiger charge is 2.33. The number of aromatic nitrogens is 3. The normalized spacial score (nSPS) is 24.1. The molecular formula is C10H12N4S. The first-order valence-electron chi connectivity index (χ1n) is 5.06. The molecule has 15 heavy (non-hydrogen) atoms. The zero-order chi connectivity index (χ0) is 10.3. The molecule has 2 atom stereocenters. The summed E-state index contributed by atoms with van der Waals surface area (Å²) < 4.78 is 0. The van der Waals surface area contributed by atoms with Crippen molar-refractivity contribution in [1.29, 1.82) is 0 Å². The maximum atomic E-state index is 4.40. The van der Waals surface area contributed by atoms with E-state index in [1.54, 1.807) is 11.3 Å². The molecule has 1 aliphatic rings. The van der Waals surface area contributed by atoms with Crippen molar-refractivity contribution in [3.8, 4) is 10.7 Å². The van der Waals surface area contributed by atoms with Crippen LogP contribution in [0.4, 0.5) is 5.95 Å². The molecule has 2 unspecified atom stereocenters. The molecule has 2 heterocycles. The smallest absolute Gasteiger partial charge is 0.242 e. The molecule has 1 saturated carbocycles. The lowest BCUT2D eigenvalue weighted by molar-refractivity contribution is 0.915. The van der Waals surface area contributed by atoms with Crippen LogP contribution in [0.1, 0.15) is 13.3 Å². The standard InChI is InChI=1S/C10H12N4S/c1-6-5-7(6)11-10-12-9(13-14-10)8-3-2-4-15-8/h2-4,6-7H,5H2,1H3,(H2,11,12,13,14). The Morgan fingerprint density at radius 3 is 3.13 bits per heavy atom. The van der Waals surface area contributed by atoms with Gasteiger partial charge in [-0.3, -0.25) is 5.10 Å². The van der Waals surface area contributed by atoms with Gasteiger partial charge in [0.15, 0.2) is 5.82 Å². The molecule has 2 N–H and O–H groups in total. The first-order chi connectivity index (χ1) is 7.33. The quantitative estimate of drug-likeness (QED) is 0.834. The Morgan fingerprint density at radius 1 is 1.60 bits per heavy atom. The minimum atomic E-state index is 0.567. The van der Waals surface area contributed by atoms with Crippen molar-refractivity contribution in [2.75, 3.05) is 5.32 Å². The Kier molecular flexibility index (Phi) is 1.98. The van der Waals surface area contributed by atoms with E-state index in [0.29, 0.717) is 12.0 Å². The molecule has 0 aliphatic heterocycles. The van der Waals surface area contributed by atoms with E-state index < -0.39 is 0 Å². The molecular weight excluding hydrogens is 208 g/mol. The first kappa shape index (κ1) is 8.91. The fraction of sp³-hybridized carbons (Fsp3) is 0.400. The van der Waals surface area contributed by atoms with Crippen LogP contribution in [-0.2, 0) is 0 Å². The van der Waals surface area contributed by atoms with Gasteiger partial charge in [0.25, 0.3) is 0 Å². The van der Waals surface area contributed by atoms with Crippen molar-refractivity contribution in [2.24, 2.45) is 5.92 Å². The predicted molar refractivity (Wildman–Crippen MR) is 60.9 cm³/mol. The van der Waals surface area contributed by atoms with Crippen molar-refractivity contribution in [2.45, 2.75) is 19.4 Å². The molecule has 0 bridgehead atoms.